The van der Waals surface area contributed by atoms with Crippen LogP contribution in [0, 0.1) is 11.3 Å². The van der Waals surface area contributed by atoms with Gasteiger partial charge in [-0.1, -0.05) is 42.8 Å². The minimum Gasteiger partial charge on any atom is -0.339 e. The Morgan fingerprint density at radius 2 is 1.74 bits per heavy atom. The molecule has 31 heavy (non-hydrogen) atoms. The molecule has 0 aliphatic carbocycles. The number of hydrogen-bond donors (Lipinski definition) is 2. The maximum atomic E-state index is 12.4. The predicted molar refractivity (Wildman–Crippen MR) is 120 cm³/mol. The van der Waals surface area contributed by atoms with Crippen LogP contribution in [0.4, 0.5) is 0 Å². The molecule has 1 fully saturated rings. The van der Waals surface area contributed by atoms with E-state index in [9.17, 15) is 18.5 Å². The van der Waals surface area contributed by atoms with E-state index in [1.54, 1.807) is 24.3 Å². The molecule has 3 rings (SSSR count). The number of rotatable bonds is 7. The summed E-state index contributed by atoms with van der Waals surface area (Å²) in [7, 11) is -0.444. The average Bonchev–Trinajstić information content (AvgIpc) is 2.79. The van der Waals surface area contributed by atoms with Crippen LogP contribution in [-0.4, -0.2) is 51.4 Å². The van der Waals surface area contributed by atoms with Crippen molar-refractivity contribution >= 4 is 15.9 Å². The first-order chi connectivity index (χ1) is 14.8. The van der Waals surface area contributed by atoms with Crippen molar-refractivity contribution in [1.29, 1.82) is 5.26 Å². The van der Waals surface area contributed by atoms with Crippen LogP contribution >= 0.6 is 0 Å². The Balaban J connectivity index is 1.64. The molecular formula is C23H28N4O3S. The molecule has 2 aromatic carbocycles. The largest absolute Gasteiger partial charge is 0.339 e. The molecule has 0 bridgehead atoms. The van der Waals surface area contributed by atoms with Crippen molar-refractivity contribution in [2.45, 2.75) is 42.7 Å². The lowest BCUT2D eigenvalue weighted by Crippen LogP contribution is -2.49. The van der Waals surface area contributed by atoms with Crippen molar-refractivity contribution in [2.75, 3.05) is 20.6 Å². The smallest absolute Gasteiger partial charge is 0.242 e. The molecule has 1 unspecified atom stereocenters. The van der Waals surface area contributed by atoms with Crippen LogP contribution in [-0.2, 0) is 21.2 Å². The van der Waals surface area contributed by atoms with Gasteiger partial charge in [0.25, 0.3) is 0 Å². The SMILES string of the molecule is CN(C)S(=O)(=O)c1ccc(-c2ccc(C[C@@H](C#N)NC(=O)C3CCCCN3)cc2)cc1. The summed E-state index contributed by atoms with van der Waals surface area (Å²) in [5.74, 6) is -0.115. The van der Waals surface area contributed by atoms with Gasteiger partial charge in [0.15, 0.2) is 0 Å². The maximum Gasteiger partial charge on any atom is 0.242 e. The molecule has 1 heterocycles. The van der Waals surface area contributed by atoms with Crippen molar-refractivity contribution in [3.05, 3.63) is 54.1 Å². The third-order valence-corrected chi connectivity index (χ3v) is 7.29. The quantitative estimate of drug-likeness (QED) is 0.688. The van der Waals surface area contributed by atoms with Crippen molar-refractivity contribution in [3.63, 3.8) is 0 Å². The van der Waals surface area contributed by atoms with Crippen molar-refractivity contribution in [3.8, 4) is 17.2 Å². The van der Waals surface area contributed by atoms with Gasteiger partial charge in [-0.25, -0.2) is 12.7 Å². The predicted octanol–water partition coefficient (Wildman–Crippen LogP) is 2.30. The van der Waals surface area contributed by atoms with E-state index in [2.05, 4.69) is 16.7 Å². The van der Waals surface area contributed by atoms with E-state index in [0.717, 1.165) is 42.5 Å². The van der Waals surface area contributed by atoms with Crippen molar-refractivity contribution in [1.82, 2.24) is 14.9 Å². The van der Waals surface area contributed by atoms with E-state index < -0.39 is 16.1 Å². The van der Waals surface area contributed by atoms with Crippen molar-refractivity contribution in [2.24, 2.45) is 0 Å². The van der Waals surface area contributed by atoms with Crippen LogP contribution in [0.2, 0.25) is 0 Å². The van der Waals surface area contributed by atoms with Gasteiger partial charge in [-0.3, -0.25) is 4.79 Å². The number of piperidine rings is 1. The zero-order valence-corrected chi connectivity index (χ0v) is 18.7. The van der Waals surface area contributed by atoms with Gasteiger partial charge in [0.1, 0.15) is 6.04 Å². The first-order valence-electron chi connectivity index (χ1n) is 10.4. The number of nitrogens with zero attached hydrogens (tertiary/aromatic N) is 2. The molecule has 2 N–H and O–H groups in total. The van der Waals surface area contributed by atoms with Crippen LogP contribution in [0.3, 0.4) is 0 Å². The molecule has 0 saturated carbocycles. The third kappa shape index (κ3) is 5.70. The Morgan fingerprint density at radius 3 is 2.26 bits per heavy atom. The lowest BCUT2D eigenvalue weighted by Gasteiger charge is -2.23. The fourth-order valence-corrected chi connectivity index (χ4v) is 4.48. The Labute approximate surface area is 184 Å². The molecular weight excluding hydrogens is 412 g/mol. The van der Waals surface area contributed by atoms with Gasteiger partial charge in [-0.15, -0.1) is 0 Å². The van der Waals surface area contributed by atoms with Gasteiger partial charge in [-0.2, -0.15) is 5.26 Å². The highest BCUT2D eigenvalue weighted by Gasteiger charge is 2.23. The molecule has 7 nitrogen and oxygen atoms in total. The summed E-state index contributed by atoms with van der Waals surface area (Å²) in [6, 6.07) is 15.8. The van der Waals surface area contributed by atoms with E-state index in [1.807, 2.05) is 24.3 Å². The van der Waals surface area contributed by atoms with Crippen LogP contribution in [0.1, 0.15) is 24.8 Å². The molecule has 1 aliphatic heterocycles. The summed E-state index contributed by atoms with van der Waals surface area (Å²) in [5, 5.41) is 15.5. The molecule has 0 spiro atoms. The van der Waals surface area contributed by atoms with E-state index >= 15 is 0 Å². The number of sulfonamides is 1. The third-order valence-electron chi connectivity index (χ3n) is 5.46. The Morgan fingerprint density at radius 1 is 1.13 bits per heavy atom. The first kappa shape index (κ1) is 22.9. The van der Waals surface area contributed by atoms with Gasteiger partial charge in [0.2, 0.25) is 15.9 Å². The van der Waals surface area contributed by atoms with Crippen LogP contribution < -0.4 is 10.6 Å². The van der Waals surface area contributed by atoms with E-state index in [-0.39, 0.29) is 16.8 Å². The number of carbonyl (C=O) groups excluding carboxylic acids is 1. The number of nitriles is 1. The second-order valence-electron chi connectivity index (χ2n) is 7.91. The van der Waals surface area contributed by atoms with Gasteiger partial charge >= 0.3 is 0 Å². The topological polar surface area (TPSA) is 102 Å². The van der Waals surface area contributed by atoms with Crippen LogP contribution in [0.25, 0.3) is 11.1 Å². The summed E-state index contributed by atoms with van der Waals surface area (Å²) in [6.45, 7) is 0.832. The highest BCUT2D eigenvalue weighted by atomic mass is 32.2. The summed E-state index contributed by atoms with van der Waals surface area (Å²) < 4.78 is 25.6. The zero-order valence-electron chi connectivity index (χ0n) is 17.8. The van der Waals surface area contributed by atoms with Crippen molar-refractivity contribution < 1.29 is 13.2 Å². The molecule has 0 radical (unpaired) electrons. The second kappa shape index (κ2) is 10.1. The fraction of sp³-hybridized carbons (Fsp3) is 0.391. The van der Waals surface area contributed by atoms with Crippen LogP contribution in [0.5, 0.6) is 0 Å². The van der Waals surface area contributed by atoms with E-state index in [0.29, 0.717) is 6.42 Å². The highest BCUT2D eigenvalue weighted by Crippen LogP contribution is 2.23. The number of benzene rings is 2. The summed E-state index contributed by atoms with van der Waals surface area (Å²) in [5.41, 5.74) is 2.79. The van der Waals surface area contributed by atoms with E-state index in [1.165, 1.54) is 18.4 Å². The Kier molecular flexibility index (Phi) is 7.44. The molecule has 8 heteroatoms. The molecule has 1 saturated heterocycles. The van der Waals surface area contributed by atoms with Gasteiger partial charge in [0, 0.05) is 20.5 Å². The number of hydrogen-bond acceptors (Lipinski definition) is 5. The van der Waals surface area contributed by atoms with Gasteiger partial charge < -0.3 is 10.6 Å². The van der Waals surface area contributed by atoms with Gasteiger partial charge in [-0.05, 0) is 48.2 Å². The average molecular weight is 441 g/mol. The maximum absolute atomic E-state index is 12.4. The normalized spacial score (nSPS) is 17.7. The zero-order chi connectivity index (χ0) is 22.4. The van der Waals surface area contributed by atoms with Gasteiger partial charge in [0.05, 0.1) is 17.0 Å². The number of amides is 1. The number of carbonyl (C=O) groups is 1. The monoisotopic (exact) mass is 440 g/mol. The summed E-state index contributed by atoms with van der Waals surface area (Å²) in [6.07, 6.45) is 3.32. The lowest BCUT2D eigenvalue weighted by atomic mass is 10.00. The minimum absolute atomic E-state index is 0.115. The van der Waals surface area contributed by atoms with Crippen LogP contribution in [0.15, 0.2) is 53.4 Å². The Bertz CT molecular complexity index is 1040. The fourth-order valence-electron chi connectivity index (χ4n) is 3.58. The molecule has 1 amide bonds. The van der Waals surface area contributed by atoms with E-state index in [4.69, 9.17) is 0 Å². The molecule has 2 atom stereocenters. The second-order valence-corrected chi connectivity index (χ2v) is 10.1. The molecule has 0 aromatic heterocycles. The number of nitrogens with one attached hydrogen (secondary N) is 2. The standard InChI is InChI=1S/C23H28N4O3S/c1-27(2)31(29,30)21-12-10-19(11-13-21)18-8-6-17(7-9-18)15-20(16-24)26-23(28)22-5-3-4-14-25-22/h6-13,20,22,25H,3-5,14-15H2,1-2H3,(H,26,28)/t20-,22?/m0/s1. The summed E-state index contributed by atoms with van der Waals surface area (Å²) in [4.78, 5) is 12.6. The minimum atomic E-state index is -3.45. The highest BCUT2D eigenvalue weighted by molar-refractivity contribution is 7.89. The first-order valence-corrected chi connectivity index (χ1v) is 11.8. The lowest BCUT2D eigenvalue weighted by molar-refractivity contribution is -0.124. The Hall–Kier alpha value is -2.73. The summed E-state index contributed by atoms with van der Waals surface area (Å²) >= 11 is 0. The molecule has 164 valence electrons. The molecule has 2 aromatic rings. The molecule has 1 aliphatic rings.